The fraction of sp³-hybridized carbons (Fsp3) is 1.00. The van der Waals surface area contributed by atoms with Crippen LogP contribution in [0.3, 0.4) is 0 Å². The summed E-state index contributed by atoms with van der Waals surface area (Å²) in [6.07, 6.45) is 1.24. The molecule has 81 valence electrons. The summed E-state index contributed by atoms with van der Waals surface area (Å²) >= 11 is 0. The summed E-state index contributed by atoms with van der Waals surface area (Å²) in [5, 5.41) is 6.53. The molecule has 0 aromatic heterocycles. The molecule has 0 aliphatic rings. The quantitative estimate of drug-likeness (QED) is 0.370. The van der Waals surface area contributed by atoms with Gasteiger partial charge in [-0.2, -0.15) is 0 Å². The van der Waals surface area contributed by atoms with Crippen LogP contribution in [0, 0.1) is 0 Å². The van der Waals surface area contributed by atoms with Gasteiger partial charge in [0.2, 0.25) is 0 Å². The van der Waals surface area contributed by atoms with E-state index >= 15 is 0 Å². The summed E-state index contributed by atoms with van der Waals surface area (Å²) < 4.78 is 0. The van der Waals surface area contributed by atoms with Gasteiger partial charge in [-0.15, -0.1) is 0 Å². The molecule has 2 N–H and O–H groups in total. The Morgan fingerprint density at radius 1 is 0.833 bits per heavy atom. The summed E-state index contributed by atoms with van der Waals surface area (Å²) in [5.74, 6) is 0. The molecule has 0 spiro atoms. The largest absolute Gasteiger partial charge is 2.00 e. The third kappa shape index (κ3) is 22.5. The van der Waals surface area contributed by atoms with E-state index in [2.05, 4.69) is 24.5 Å². The smallest absolute Gasteiger partial charge is 1.00 e. The van der Waals surface area contributed by atoms with Gasteiger partial charge in [0, 0.05) is 0 Å². The Bertz CT molecular complexity index is 52.7. The minimum atomic E-state index is 0. The van der Waals surface area contributed by atoms with Gasteiger partial charge < -0.3 is 35.4 Å². The molecule has 0 fully saturated rings. The third-order valence-electron chi connectivity index (χ3n) is 1.21. The SMILES string of the molecule is CCNCCCNCC.[Cl-].[Cl-].[Cu+2]. The predicted molar refractivity (Wildman–Crippen MR) is 41.7 cm³/mol. The molecule has 0 aliphatic heterocycles. The van der Waals surface area contributed by atoms with Crippen molar-refractivity contribution in [3.8, 4) is 0 Å². The number of rotatable bonds is 6. The molecule has 5 heteroatoms. The van der Waals surface area contributed by atoms with E-state index in [0.29, 0.717) is 0 Å². The zero-order valence-electron chi connectivity index (χ0n) is 7.59. The van der Waals surface area contributed by atoms with Crippen molar-refractivity contribution in [2.45, 2.75) is 20.3 Å². The van der Waals surface area contributed by atoms with Gasteiger partial charge in [0.15, 0.2) is 0 Å². The summed E-state index contributed by atoms with van der Waals surface area (Å²) in [4.78, 5) is 0. The second-order valence-corrected chi connectivity index (χ2v) is 2.06. The van der Waals surface area contributed by atoms with Crippen LogP contribution < -0.4 is 35.4 Å². The van der Waals surface area contributed by atoms with Crippen LogP contribution in [0.4, 0.5) is 0 Å². The standard InChI is InChI=1S/C7H18N2.2ClH.Cu/c1-3-8-6-5-7-9-4-2;;;/h8-9H,3-7H2,1-2H3;2*1H;/q;;;+2/p-2. The first-order chi connectivity index (χ1) is 4.41. The molecule has 0 saturated heterocycles. The predicted octanol–water partition coefficient (Wildman–Crippen LogP) is -5.40. The maximum Gasteiger partial charge on any atom is 2.00 e. The third-order valence-corrected chi connectivity index (χ3v) is 1.21. The van der Waals surface area contributed by atoms with E-state index in [9.17, 15) is 0 Å². The molecular formula is C7H18Cl2CuN2. The van der Waals surface area contributed by atoms with Crippen molar-refractivity contribution in [2.24, 2.45) is 0 Å². The normalized spacial score (nSPS) is 7.50. The van der Waals surface area contributed by atoms with Crippen LogP contribution in [0.25, 0.3) is 0 Å². The van der Waals surface area contributed by atoms with E-state index < -0.39 is 0 Å². The Morgan fingerprint density at radius 3 is 1.42 bits per heavy atom. The zero-order valence-corrected chi connectivity index (χ0v) is 10.0. The number of hydrogen-bond acceptors (Lipinski definition) is 2. The summed E-state index contributed by atoms with van der Waals surface area (Å²) in [5.41, 5.74) is 0. The second kappa shape index (κ2) is 22.7. The van der Waals surface area contributed by atoms with Crippen molar-refractivity contribution in [3.05, 3.63) is 0 Å². The Balaban J connectivity index is -0.000000107. The van der Waals surface area contributed by atoms with Gasteiger partial charge >= 0.3 is 17.1 Å². The van der Waals surface area contributed by atoms with Crippen molar-refractivity contribution >= 4 is 0 Å². The van der Waals surface area contributed by atoms with Gasteiger partial charge in [0.05, 0.1) is 0 Å². The van der Waals surface area contributed by atoms with Gasteiger partial charge in [-0.05, 0) is 32.6 Å². The van der Waals surface area contributed by atoms with E-state index in [0.717, 1.165) is 26.2 Å². The molecule has 0 aliphatic carbocycles. The van der Waals surface area contributed by atoms with Crippen molar-refractivity contribution in [3.63, 3.8) is 0 Å². The second-order valence-electron chi connectivity index (χ2n) is 2.06. The molecule has 0 bridgehead atoms. The van der Waals surface area contributed by atoms with Gasteiger partial charge in [-0.1, -0.05) is 13.8 Å². The average molecular weight is 265 g/mol. The first-order valence-electron chi connectivity index (χ1n) is 3.83. The Kier molecular flexibility index (Phi) is 43.7. The minimum absolute atomic E-state index is 0. The van der Waals surface area contributed by atoms with E-state index in [4.69, 9.17) is 0 Å². The first-order valence-corrected chi connectivity index (χ1v) is 3.83. The Labute approximate surface area is 98.9 Å². The van der Waals surface area contributed by atoms with Crippen LogP contribution in [0.1, 0.15) is 20.3 Å². The van der Waals surface area contributed by atoms with E-state index in [1.807, 2.05) is 0 Å². The van der Waals surface area contributed by atoms with Crippen LogP contribution in [0.15, 0.2) is 0 Å². The number of hydrogen-bond donors (Lipinski definition) is 2. The Hall–Kier alpha value is 1.02. The molecule has 0 amide bonds. The van der Waals surface area contributed by atoms with Crippen LogP contribution in [-0.4, -0.2) is 26.2 Å². The van der Waals surface area contributed by atoms with Crippen molar-refractivity contribution in [1.29, 1.82) is 0 Å². The van der Waals surface area contributed by atoms with Gasteiger partial charge in [0.25, 0.3) is 0 Å². The monoisotopic (exact) mass is 263 g/mol. The van der Waals surface area contributed by atoms with E-state index in [-0.39, 0.29) is 41.9 Å². The number of nitrogens with one attached hydrogen (secondary N) is 2. The van der Waals surface area contributed by atoms with E-state index in [1.54, 1.807) is 0 Å². The fourth-order valence-corrected chi connectivity index (χ4v) is 0.692. The Morgan fingerprint density at radius 2 is 1.17 bits per heavy atom. The summed E-state index contributed by atoms with van der Waals surface area (Å²) in [6, 6.07) is 0. The first kappa shape index (κ1) is 23.1. The molecule has 0 aromatic carbocycles. The average Bonchev–Trinajstić information content (AvgIpc) is 1.89. The van der Waals surface area contributed by atoms with Gasteiger partial charge in [-0.25, -0.2) is 0 Å². The van der Waals surface area contributed by atoms with Gasteiger partial charge in [0.1, 0.15) is 0 Å². The van der Waals surface area contributed by atoms with Crippen LogP contribution >= 0.6 is 0 Å². The summed E-state index contributed by atoms with van der Waals surface area (Å²) in [7, 11) is 0. The van der Waals surface area contributed by atoms with Crippen molar-refractivity contribution in [1.82, 2.24) is 10.6 Å². The fourth-order valence-electron chi connectivity index (χ4n) is 0.692. The van der Waals surface area contributed by atoms with E-state index in [1.165, 1.54) is 6.42 Å². The molecule has 2 nitrogen and oxygen atoms in total. The van der Waals surface area contributed by atoms with Crippen LogP contribution in [0.2, 0.25) is 0 Å². The molecule has 0 rings (SSSR count). The molecule has 12 heavy (non-hydrogen) atoms. The molecule has 0 atom stereocenters. The molecule has 0 aromatic rings. The topological polar surface area (TPSA) is 24.1 Å². The molecule has 0 saturated carbocycles. The molecule has 1 radical (unpaired) electrons. The molecule has 0 unspecified atom stereocenters. The van der Waals surface area contributed by atoms with Crippen molar-refractivity contribution < 1.29 is 41.9 Å². The molecular weight excluding hydrogens is 247 g/mol. The maximum absolute atomic E-state index is 3.27. The summed E-state index contributed by atoms with van der Waals surface area (Å²) in [6.45, 7) is 8.73. The zero-order chi connectivity index (χ0) is 6.95. The number of halogens is 2. The van der Waals surface area contributed by atoms with Crippen molar-refractivity contribution in [2.75, 3.05) is 26.2 Å². The van der Waals surface area contributed by atoms with Crippen LogP contribution in [-0.2, 0) is 17.1 Å². The van der Waals surface area contributed by atoms with Gasteiger partial charge in [-0.3, -0.25) is 0 Å². The minimum Gasteiger partial charge on any atom is -1.00 e. The molecule has 0 heterocycles. The van der Waals surface area contributed by atoms with Crippen LogP contribution in [0.5, 0.6) is 0 Å². The maximum atomic E-state index is 3.27.